The Balaban J connectivity index is 1.63. The van der Waals surface area contributed by atoms with Crippen LogP contribution in [0, 0.1) is 0 Å². The van der Waals surface area contributed by atoms with E-state index in [9.17, 15) is 0 Å². The second-order valence-electron chi connectivity index (χ2n) is 5.47. The number of nitrogens with one attached hydrogen (secondary N) is 1. The molecule has 0 unspecified atom stereocenters. The molecule has 0 saturated heterocycles. The van der Waals surface area contributed by atoms with E-state index in [1.165, 1.54) is 4.79 Å². The van der Waals surface area contributed by atoms with Crippen LogP contribution in [0.2, 0.25) is 0 Å². The van der Waals surface area contributed by atoms with Crippen molar-refractivity contribution in [3.05, 3.63) is 61.1 Å². The Bertz CT molecular complexity index is 906. The van der Waals surface area contributed by atoms with Gasteiger partial charge in [0.15, 0.2) is 0 Å². The van der Waals surface area contributed by atoms with Crippen LogP contribution in [-0.2, 0) is 7.05 Å². The Morgan fingerprint density at radius 3 is 2.64 bits per heavy atom. The summed E-state index contributed by atoms with van der Waals surface area (Å²) in [6, 6.07) is 13.2. The molecule has 4 aromatic rings. The third-order valence-electron chi connectivity index (χ3n) is 3.72. The van der Waals surface area contributed by atoms with Gasteiger partial charge in [0.1, 0.15) is 17.3 Å². The van der Waals surface area contributed by atoms with Gasteiger partial charge in [-0.15, -0.1) is 5.10 Å². The summed E-state index contributed by atoms with van der Waals surface area (Å²) in [6.07, 6.45) is 5.22. The summed E-state index contributed by atoms with van der Waals surface area (Å²) in [5, 5.41) is 8.95. The van der Waals surface area contributed by atoms with Crippen molar-refractivity contribution in [2.24, 2.45) is 7.05 Å². The Labute approximate surface area is 143 Å². The van der Waals surface area contributed by atoms with Crippen LogP contribution < -0.4 is 11.2 Å². The molecule has 0 aliphatic heterocycles. The lowest BCUT2D eigenvalue weighted by atomic mass is 10.2. The van der Waals surface area contributed by atoms with Crippen molar-refractivity contribution in [2.75, 3.05) is 11.2 Å². The van der Waals surface area contributed by atoms with Crippen molar-refractivity contribution in [1.29, 1.82) is 0 Å². The molecule has 0 fully saturated rings. The van der Waals surface area contributed by atoms with Crippen LogP contribution in [0.1, 0.15) is 0 Å². The second-order valence-corrected chi connectivity index (χ2v) is 5.47. The molecule has 0 spiro atoms. The van der Waals surface area contributed by atoms with Crippen molar-refractivity contribution in [2.45, 2.75) is 0 Å². The van der Waals surface area contributed by atoms with Crippen LogP contribution in [0.5, 0.6) is 0 Å². The Morgan fingerprint density at radius 1 is 0.960 bits per heavy atom. The molecule has 124 valence electrons. The molecule has 0 atom stereocenters. The monoisotopic (exact) mass is 332 g/mol. The Kier molecular flexibility index (Phi) is 3.62. The fourth-order valence-corrected chi connectivity index (χ4v) is 2.46. The number of rotatable bonds is 4. The van der Waals surface area contributed by atoms with Gasteiger partial charge in [0, 0.05) is 43.3 Å². The van der Waals surface area contributed by atoms with Crippen LogP contribution in [-0.4, -0.2) is 29.6 Å². The zero-order chi connectivity index (χ0) is 17.2. The standard InChI is InChI=1S/C17H16N8/c1-24-17(10-14(21-24)12-5-4-7-19-11-12)23-25-16(18)9-15(22-25)13-6-2-3-8-20-13/h2-11,23H,18H2,1H3. The number of nitrogens with two attached hydrogens (primary N) is 1. The SMILES string of the molecule is Cn1nc(-c2cccnc2)cc1Nn1nc(-c2ccccn2)cc1N. The van der Waals surface area contributed by atoms with E-state index in [4.69, 9.17) is 5.73 Å². The normalized spacial score (nSPS) is 10.8. The van der Waals surface area contributed by atoms with Crippen molar-refractivity contribution in [3.63, 3.8) is 0 Å². The predicted molar refractivity (Wildman–Crippen MR) is 95.3 cm³/mol. The minimum atomic E-state index is 0.477. The smallest absolute Gasteiger partial charge is 0.146 e. The molecule has 0 radical (unpaired) electrons. The predicted octanol–water partition coefficient (Wildman–Crippen LogP) is 2.20. The quantitative estimate of drug-likeness (QED) is 0.594. The highest BCUT2D eigenvalue weighted by Crippen LogP contribution is 2.22. The van der Waals surface area contributed by atoms with E-state index >= 15 is 0 Å². The lowest BCUT2D eigenvalue weighted by Crippen LogP contribution is -2.16. The maximum Gasteiger partial charge on any atom is 0.146 e. The number of aromatic nitrogens is 6. The largest absolute Gasteiger partial charge is 0.382 e. The van der Waals surface area contributed by atoms with E-state index < -0.39 is 0 Å². The van der Waals surface area contributed by atoms with Crippen molar-refractivity contribution >= 4 is 11.6 Å². The molecule has 0 aliphatic carbocycles. The summed E-state index contributed by atoms with van der Waals surface area (Å²) in [5.74, 6) is 1.23. The van der Waals surface area contributed by atoms with E-state index in [1.54, 1.807) is 29.3 Å². The van der Waals surface area contributed by atoms with Crippen LogP contribution in [0.15, 0.2) is 61.1 Å². The first kappa shape index (κ1) is 14.9. The van der Waals surface area contributed by atoms with E-state index in [-0.39, 0.29) is 0 Å². The lowest BCUT2D eigenvalue weighted by molar-refractivity contribution is 0.735. The third-order valence-corrected chi connectivity index (χ3v) is 3.72. The van der Waals surface area contributed by atoms with Crippen LogP contribution in [0.25, 0.3) is 22.6 Å². The zero-order valence-electron chi connectivity index (χ0n) is 13.5. The van der Waals surface area contributed by atoms with Gasteiger partial charge in [-0.3, -0.25) is 20.1 Å². The maximum absolute atomic E-state index is 6.07. The van der Waals surface area contributed by atoms with Gasteiger partial charge in [-0.1, -0.05) is 6.07 Å². The minimum absolute atomic E-state index is 0.477. The van der Waals surface area contributed by atoms with Crippen molar-refractivity contribution < 1.29 is 0 Å². The van der Waals surface area contributed by atoms with E-state index in [2.05, 4.69) is 25.6 Å². The molecule has 0 saturated carbocycles. The molecule has 8 nitrogen and oxygen atoms in total. The number of aryl methyl sites for hydroxylation is 1. The van der Waals surface area contributed by atoms with Crippen LogP contribution in [0.4, 0.5) is 11.6 Å². The average molecular weight is 332 g/mol. The third kappa shape index (κ3) is 2.92. The average Bonchev–Trinajstić information content (AvgIpc) is 3.20. The number of hydrogen-bond donors (Lipinski definition) is 2. The van der Waals surface area contributed by atoms with E-state index in [1.807, 2.05) is 43.4 Å². The topological polar surface area (TPSA) is 99.5 Å². The molecule has 4 heterocycles. The fourth-order valence-electron chi connectivity index (χ4n) is 2.46. The van der Waals surface area contributed by atoms with Crippen LogP contribution in [0.3, 0.4) is 0 Å². The highest BCUT2D eigenvalue weighted by molar-refractivity contribution is 5.63. The highest BCUT2D eigenvalue weighted by atomic mass is 15.6. The van der Waals surface area contributed by atoms with Gasteiger partial charge < -0.3 is 5.73 Å². The number of hydrogen-bond acceptors (Lipinski definition) is 6. The highest BCUT2D eigenvalue weighted by Gasteiger charge is 2.11. The van der Waals surface area contributed by atoms with Gasteiger partial charge in [-0.25, -0.2) is 0 Å². The second kappa shape index (κ2) is 6.08. The molecule has 0 bridgehead atoms. The molecular weight excluding hydrogens is 316 g/mol. The summed E-state index contributed by atoms with van der Waals surface area (Å²) in [4.78, 5) is 9.92. The molecule has 3 N–H and O–H groups in total. The Hall–Kier alpha value is -3.68. The molecule has 0 aliphatic rings. The fraction of sp³-hybridized carbons (Fsp3) is 0.0588. The first-order valence-electron chi connectivity index (χ1n) is 7.69. The molecule has 0 amide bonds. The summed E-state index contributed by atoms with van der Waals surface area (Å²) in [5.41, 5.74) is 12.4. The molecule has 25 heavy (non-hydrogen) atoms. The Morgan fingerprint density at radius 2 is 1.88 bits per heavy atom. The first-order valence-corrected chi connectivity index (χ1v) is 7.69. The van der Waals surface area contributed by atoms with E-state index in [0.29, 0.717) is 11.5 Å². The van der Waals surface area contributed by atoms with E-state index in [0.717, 1.165) is 22.8 Å². The van der Waals surface area contributed by atoms with Crippen molar-refractivity contribution in [1.82, 2.24) is 29.6 Å². The molecule has 4 rings (SSSR count). The zero-order valence-corrected chi connectivity index (χ0v) is 13.5. The maximum atomic E-state index is 6.07. The van der Waals surface area contributed by atoms with Crippen LogP contribution >= 0.6 is 0 Å². The van der Waals surface area contributed by atoms with Gasteiger partial charge in [0.05, 0.1) is 11.4 Å². The van der Waals surface area contributed by atoms with Gasteiger partial charge >= 0.3 is 0 Å². The molecule has 8 heteroatoms. The summed E-state index contributed by atoms with van der Waals surface area (Å²) >= 11 is 0. The number of anilines is 2. The van der Waals surface area contributed by atoms with Gasteiger partial charge in [-0.2, -0.15) is 9.89 Å². The number of pyridine rings is 2. The lowest BCUT2D eigenvalue weighted by Gasteiger charge is -2.07. The number of nitrogen functional groups attached to an aromatic ring is 1. The van der Waals surface area contributed by atoms with Gasteiger partial charge in [0.2, 0.25) is 0 Å². The summed E-state index contributed by atoms with van der Waals surface area (Å²) < 4.78 is 1.73. The number of nitrogens with zero attached hydrogens (tertiary/aromatic N) is 6. The molecule has 0 aromatic carbocycles. The van der Waals surface area contributed by atoms with Gasteiger partial charge in [0.25, 0.3) is 0 Å². The first-order chi connectivity index (χ1) is 12.2. The molecular formula is C17H16N8. The summed E-state index contributed by atoms with van der Waals surface area (Å²) in [6.45, 7) is 0. The van der Waals surface area contributed by atoms with Crippen molar-refractivity contribution in [3.8, 4) is 22.6 Å². The molecule has 4 aromatic heterocycles. The summed E-state index contributed by atoms with van der Waals surface area (Å²) in [7, 11) is 1.85. The van der Waals surface area contributed by atoms with Gasteiger partial charge in [-0.05, 0) is 24.3 Å². The minimum Gasteiger partial charge on any atom is -0.382 e.